The first-order valence-corrected chi connectivity index (χ1v) is 6.21. The van der Waals surface area contributed by atoms with E-state index in [9.17, 15) is 0 Å². The smallest absolute Gasteiger partial charge is 0.260 e. The molecule has 0 amide bonds. The lowest BCUT2D eigenvalue weighted by Crippen LogP contribution is -2.21. The van der Waals surface area contributed by atoms with Gasteiger partial charge in [-0.25, -0.2) is 10.5 Å². The van der Waals surface area contributed by atoms with Crippen LogP contribution in [0.15, 0.2) is 29.4 Å². The van der Waals surface area contributed by atoms with E-state index in [-0.39, 0.29) is 0 Å². The van der Waals surface area contributed by atoms with Gasteiger partial charge in [-0.2, -0.15) is 5.10 Å². The molecule has 2 rings (SSSR count). The number of nitrogens with zero attached hydrogens (tertiary/aromatic N) is 5. The van der Waals surface area contributed by atoms with Crippen molar-refractivity contribution in [3.05, 3.63) is 29.8 Å². The summed E-state index contributed by atoms with van der Waals surface area (Å²) in [6.45, 7) is 6.30. The Morgan fingerprint density at radius 3 is 2.58 bits per heavy atom. The zero-order valence-electron chi connectivity index (χ0n) is 11.0. The van der Waals surface area contributed by atoms with Crippen molar-refractivity contribution in [2.24, 2.45) is 5.10 Å². The molecule has 2 aromatic rings. The second kappa shape index (κ2) is 6.48. The Hall–Kier alpha value is -2.44. The van der Waals surface area contributed by atoms with Crippen LogP contribution in [0, 0.1) is 0 Å². The number of tetrazole rings is 1. The van der Waals surface area contributed by atoms with E-state index in [2.05, 4.69) is 62.0 Å². The molecule has 7 nitrogen and oxygen atoms in total. The predicted molar refractivity (Wildman–Crippen MR) is 75.4 cm³/mol. The highest BCUT2D eigenvalue weighted by Crippen LogP contribution is 2.13. The van der Waals surface area contributed by atoms with Gasteiger partial charge in [0.1, 0.15) is 0 Å². The number of benzene rings is 1. The Morgan fingerprint density at radius 1 is 1.26 bits per heavy atom. The summed E-state index contributed by atoms with van der Waals surface area (Å²) in [5.41, 5.74) is 4.93. The summed E-state index contributed by atoms with van der Waals surface area (Å²) in [6.07, 6.45) is 1.72. The third-order valence-corrected chi connectivity index (χ3v) is 2.75. The van der Waals surface area contributed by atoms with Crippen LogP contribution in [-0.2, 0) is 0 Å². The molecule has 0 saturated heterocycles. The zero-order chi connectivity index (χ0) is 13.5. The summed E-state index contributed by atoms with van der Waals surface area (Å²) in [7, 11) is 0. The van der Waals surface area contributed by atoms with E-state index in [1.165, 1.54) is 5.69 Å². The first kappa shape index (κ1) is 13.0. The fourth-order valence-electron chi connectivity index (χ4n) is 1.73. The van der Waals surface area contributed by atoms with Gasteiger partial charge in [-0.05, 0) is 42.0 Å². The lowest BCUT2D eigenvalue weighted by atomic mass is 10.2. The van der Waals surface area contributed by atoms with Crippen molar-refractivity contribution < 1.29 is 0 Å². The molecule has 0 bridgehead atoms. The quantitative estimate of drug-likeness (QED) is 0.606. The maximum atomic E-state index is 4.04. The van der Waals surface area contributed by atoms with Gasteiger partial charge in [-0.3, -0.25) is 0 Å². The topological polar surface area (TPSA) is 82.1 Å². The molecule has 2 N–H and O–H groups in total. The van der Waals surface area contributed by atoms with E-state index < -0.39 is 0 Å². The Kier molecular flexibility index (Phi) is 4.44. The van der Waals surface area contributed by atoms with E-state index in [0.29, 0.717) is 5.95 Å². The number of nitrogens with one attached hydrogen (secondary N) is 2. The van der Waals surface area contributed by atoms with E-state index in [4.69, 9.17) is 0 Å². The number of aromatic nitrogens is 4. The van der Waals surface area contributed by atoms with E-state index in [0.717, 1.165) is 18.7 Å². The molecule has 100 valence electrons. The summed E-state index contributed by atoms with van der Waals surface area (Å²) in [5, 5.41) is 17.1. The van der Waals surface area contributed by atoms with Crippen molar-refractivity contribution in [3.8, 4) is 0 Å². The normalized spacial score (nSPS) is 10.8. The minimum absolute atomic E-state index is 0.413. The number of hydrogen-bond donors (Lipinski definition) is 2. The molecule has 0 spiro atoms. The number of aromatic amines is 1. The SMILES string of the molecule is CCN(CC)c1ccc(C=NNc2nnn[nH]2)cc1. The minimum atomic E-state index is 0.413. The van der Waals surface area contributed by atoms with Gasteiger partial charge < -0.3 is 4.90 Å². The summed E-state index contributed by atoms with van der Waals surface area (Å²) >= 11 is 0. The molecular weight excluding hydrogens is 242 g/mol. The van der Waals surface area contributed by atoms with Crippen LogP contribution in [0.25, 0.3) is 0 Å². The fourth-order valence-corrected chi connectivity index (χ4v) is 1.73. The van der Waals surface area contributed by atoms with Gasteiger partial charge in [-0.15, -0.1) is 0 Å². The van der Waals surface area contributed by atoms with Gasteiger partial charge in [0.05, 0.1) is 6.21 Å². The van der Waals surface area contributed by atoms with Crippen molar-refractivity contribution >= 4 is 17.9 Å². The highest BCUT2D eigenvalue weighted by atomic mass is 15.5. The second-order valence-corrected chi connectivity index (χ2v) is 3.88. The van der Waals surface area contributed by atoms with Crippen molar-refractivity contribution in [2.45, 2.75) is 13.8 Å². The van der Waals surface area contributed by atoms with Crippen LogP contribution in [0.4, 0.5) is 11.6 Å². The average molecular weight is 259 g/mol. The third kappa shape index (κ3) is 3.51. The maximum Gasteiger partial charge on any atom is 0.260 e. The molecule has 0 radical (unpaired) electrons. The van der Waals surface area contributed by atoms with Crippen LogP contribution in [0.5, 0.6) is 0 Å². The second-order valence-electron chi connectivity index (χ2n) is 3.88. The van der Waals surface area contributed by atoms with Crippen LogP contribution in [-0.4, -0.2) is 39.9 Å². The maximum absolute atomic E-state index is 4.04. The van der Waals surface area contributed by atoms with Crippen LogP contribution in [0.2, 0.25) is 0 Å². The molecule has 0 fully saturated rings. The van der Waals surface area contributed by atoms with Crippen LogP contribution in [0.3, 0.4) is 0 Å². The number of hydrogen-bond acceptors (Lipinski definition) is 6. The standard InChI is InChI=1S/C12H17N7/c1-3-19(4-2)11-7-5-10(6-8-11)9-13-14-12-15-17-18-16-12/h5-9H,3-4H2,1-2H3,(H2,14,15,16,17,18). The summed E-state index contributed by atoms with van der Waals surface area (Å²) in [6, 6.07) is 8.23. The first-order valence-electron chi connectivity index (χ1n) is 6.21. The van der Waals surface area contributed by atoms with Gasteiger partial charge in [0.25, 0.3) is 5.95 Å². The van der Waals surface area contributed by atoms with Crippen LogP contribution in [0.1, 0.15) is 19.4 Å². The highest BCUT2D eigenvalue weighted by Gasteiger charge is 2.00. The van der Waals surface area contributed by atoms with Crippen molar-refractivity contribution in [3.63, 3.8) is 0 Å². The lowest BCUT2D eigenvalue weighted by molar-refractivity contribution is 0.866. The third-order valence-electron chi connectivity index (χ3n) is 2.75. The molecule has 1 aromatic heterocycles. The number of H-pyrrole nitrogens is 1. The van der Waals surface area contributed by atoms with Crippen molar-refractivity contribution in [1.29, 1.82) is 0 Å². The Labute approximate surface area is 111 Å². The molecule has 1 aromatic carbocycles. The largest absolute Gasteiger partial charge is 0.372 e. The van der Waals surface area contributed by atoms with Crippen molar-refractivity contribution in [1.82, 2.24) is 20.6 Å². The Bertz CT molecular complexity index is 499. The van der Waals surface area contributed by atoms with Gasteiger partial charge in [0.2, 0.25) is 0 Å². The molecule has 19 heavy (non-hydrogen) atoms. The van der Waals surface area contributed by atoms with E-state index >= 15 is 0 Å². The zero-order valence-corrected chi connectivity index (χ0v) is 11.0. The molecule has 0 atom stereocenters. The van der Waals surface area contributed by atoms with Gasteiger partial charge in [-0.1, -0.05) is 17.2 Å². The van der Waals surface area contributed by atoms with E-state index in [1.807, 2.05) is 12.1 Å². The molecule has 0 aliphatic heterocycles. The lowest BCUT2D eigenvalue weighted by Gasteiger charge is -2.20. The molecule has 7 heteroatoms. The van der Waals surface area contributed by atoms with Gasteiger partial charge in [0, 0.05) is 18.8 Å². The Morgan fingerprint density at radius 2 is 2.00 bits per heavy atom. The number of rotatable bonds is 6. The highest BCUT2D eigenvalue weighted by molar-refractivity contribution is 5.80. The number of anilines is 2. The number of hydrazone groups is 1. The van der Waals surface area contributed by atoms with Crippen LogP contribution >= 0.6 is 0 Å². The Balaban J connectivity index is 1.96. The molecule has 1 heterocycles. The summed E-state index contributed by atoms with van der Waals surface area (Å²) in [4.78, 5) is 2.29. The minimum Gasteiger partial charge on any atom is -0.372 e. The summed E-state index contributed by atoms with van der Waals surface area (Å²) < 4.78 is 0. The molecule has 0 saturated carbocycles. The average Bonchev–Trinajstić information content (AvgIpc) is 2.95. The molecular formula is C12H17N7. The summed E-state index contributed by atoms with van der Waals surface area (Å²) in [5.74, 6) is 0.413. The van der Waals surface area contributed by atoms with E-state index in [1.54, 1.807) is 6.21 Å². The fraction of sp³-hybridized carbons (Fsp3) is 0.333. The predicted octanol–water partition coefficient (Wildman–Crippen LogP) is 1.49. The van der Waals surface area contributed by atoms with Gasteiger partial charge >= 0.3 is 0 Å². The monoisotopic (exact) mass is 259 g/mol. The molecule has 0 unspecified atom stereocenters. The first-order chi connectivity index (χ1) is 9.33. The molecule has 0 aliphatic carbocycles. The van der Waals surface area contributed by atoms with Crippen molar-refractivity contribution in [2.75, 3.05) is 23.4 Å². The van der Waals surface area contributed by atoms with Crippen LogP contribution < -0.4 is 10.3 Å². The van der Waals surface area contributed by atoms with Gasteiger partial charge in [0.15, 0.2) is 0 Å². The molecule has 0 aliphatic rings.